The van der Waals surface area contributed by atoms with Crippen molar-refractivity contribution < 1.29 is 0 Å². The summed E-state index contributed by atoms with van der Waals surface area (Å²) in [5.41, 5.74) is 8.85. The van der Waals surface area contributed by atoms with Gasteiger partial charge >= 0.3 is 0 Å². The number of nitrogen functional groups attached to an aromatic ring is 1. The summed E-state index contributed by atoms with van der Waals surface area (Å²) in [5, 5.41) is 1.08. The van der Waals surface area contributed by atoms with Crippen LogP contribution in [0.5, 0.6) is 0 Å². The van der Waals surface area contributed by atoms with E-state index in [-0.39, 0.29) is 0 Å². The molecule has 0 aliphatic rings. The molecule has 0 atom stereocenters. The molecule has 3 heteroatoms. The van der Waals surface area contributed by atoms with Crippen molar-refractivity contribution in [2.75, 3.05) is 17.2 Å². The van der Waals surface area contributed by atoms with Gasteiger partial charge in [-0.25, -0.2) is 4.98 Å². The number of hydrogen-bond acceptors (Lipinski definition) is 3. The highest BCUT2D eigenvalue weighted by Gasteiger charge is 2.07. The lowest BCUT2D eigenvalue weighted by molar-refractivity contribution is 0.817. The van der Waals surface area contributed by atoms with E-state index < -0.39 is 0 Å². The summed E-state index contributed by atoms with van der Waals surface area (Å²) in [6, 6.07) is 20.4. The molecule has 21 heavy (non-hydrogen) atoms. The van der Waals surface area contributed by atoms with Gasteiger partial charge < -0.3 is 10.6 Å². The Morgan fingerprint density at radius 2 is 1.81 bits per heavy atom. The summed E-state index contributed by atoms with van der Waals surface area (Å²) >= 11 is 0. The molecule has 0 radical (unpaired) electrons. The highest BCUT2D eigenvalue weighted by molar-refractivity contribution is 5.83. The maximum Gasteiger partial charge on any atom is 0.129 e. The van der Waals surface area contributed by atoms with Crippen molar-refractivity contribution in [3.63, 3.8) is 0 Å². The Morgan fingerprint density at radius 1 is 1.00 bits per heavy atom. The van der Waals surface area contributed by atoms with E-state index in [1.165, 1.54) is 5.56 Å². The minimum Gasteiger partial charge on any atom is -0.399 e. The number of hydrogen-bond donors (Lipinski definition) is 1. The minimum absolute atomic E-state index is 0.772. The molecule has 0 spiro atoms. The lowest BCUT2D eigenvalue weighted by atomic mass is 10.2. The number of rotatable bonds is 4. The molecule has 0 fully saturated rings. The smallest absolute Gasteiger partial charge is 0.129 e. The summed E-state index contributed by atoms with van der Waals surface area (Å²) in [4.78, 5) is 7.02. The van der Waals surface area contributed by atoms with Crippen LogP contribution in [-0.4, -0.2) is 11.5 Å². The molecule has 3 aromatic rings. The monoisotopic (exact) mass is 277 g/mol. The zero-order valence-electron chi connectivity index (χ0n) is 12.2. The third kappa shape index (κ3) is 2.97. The number of nitrogens with zero attached hydrogens (tertiary/aromatic N) is 2. The van der Waals surface area contributed by atoms with E-state index in [1.54, 1.807) is 0 Å². The maximum absolute atomic E-state index is 5.81. The number of anilines is 2. The van der Waals surface area contributed by atoms with E-state index in [4.69, 9.17) is 10.7 Å². The Balaban J connectivity index is 1.91. The van der Waals surface area contributed by atoms with E-state index in [0.29, 0.717) is 0 Å². The highest BCUT2D eigenvalue weighted by Crippen LogP contribution is 2.21. The van der Waals surface area contributed by atoms with Crippen LogP contribution in [0.2, 0.25) is 0 Å². The summed E-state index contributed by atoms with van der Waals surface area (Å²) in [6.45, 7) is 3.94. The van der Waals surface area contributed by atoms with Gasteiger partial charge in [0.05, 0.1) is 5.52 Å². The molecule has 0 saturated carbocycles. The summed E-state index contributed by atoms with van der Waals surface area (Å²) < 4.78 is 0. The van der Waals surface area contributed by atoms with Gasteiger partial charge in [0.1, 0.15) is 5.82 Å². The topological polar surface area (TPSA) is 42.1 Å². The maximum atomic E-state index is 5.81. The van der Waals surface area contributed by atoms with Gasteiger partial charge in [0.2, 0.25) is 0 Å². The van der Waals surface area contributed by atoms with Gasteiger partial charge in [-0.2, -0.15) is 0 Å². The Hall–Kier alpha value is -2.55. The minimum atomic E-state index is 0.772. The Bertz CT molecular complexity index is 738. The number of pyridine rings is 1. The third-order valence-electron chi connectivity index (χ3n) is 3.62. The van der Waals surface area contributed by atoms with Crippen LogP contribution in [0.25, 0.3) is 10.9 Å². The van der Waals surface area contributed by atoms with Gasteiger partial charge in [0, 0.05) is 24.2 Å². The van der Waals surface area contributed by atoms with Crippen molar-refractivity contribution in [2.24, 2.45) is 0 Å². The first kappa shape index (κ1) is 13.4. The quantitative estimate of drug-likeness (QED) is 0.737. The molecular formula is C18H19N3. The number of fused-ring (bicyclic) bond motifs is 1. The largest absolute Gasteiger partial charge is 0.399 e. The SMILES string of the molecule is CCN(Cc1ccccc1)c1ccc2cc(N)ccc2n1. The molecule has 1 aromatic heterocycles. The van der Waals surface area contributed by atoms with Gasteiger partial charge in [-0.15, -0.1) is 0 Å². The molecule has 0 amide bonds. The second-order valence-corrected chi connectivity index (χ2v) is 5.12. The molecule has 0 unspecified atom stereocenters. The normalized spacial score (nSPS) is 10.7. The first-order valence-corrected chi connectivity index (χ1v) is 7.21. The Labute approximate surface area is 125 Å². The van der Waals surface area contributed by atoms with Crippen molar-refractivity contribution in [1.82, 2.24) is 4.98 Å². The van der Waals surface area contributed by atoms with Gasteiger partial charge in [-0.1, -0.05) is 30.3 Å². The average Bonchev–Trinajstić information content (AvgIpc) is 2.53. The van der Waals surface area contributed by atoms with Crippen LogP contribution in [0.4, 0.5) is 11.5 Å². The molecule has 0 bridgehead atoms. The summed E-state index contributed by atoms with van der Waals surface area (Å²) in [5.74, 6) is 0.999. The molecule has 0 aliphatic heterocycles. The van der Waals surface area contributed by atoms with Gasteiger partial charge in [0.25, 0.3) is 0 Å². The first-order valence-electron chi connectivity index (χ1n) is 7.21. The fourth-order valence-electron chi connectivity index (χ4n) is 2.47. The lowest BCUT2D eigenvalue weighted by Crippen LogP contribution is -2.22. The third-order valence-corrected chi connectivity index (χ3v) is 3.62. The zero-order chi connectivity index (χ0) is 14.7. The molecule has 0 aliphatic carbocycles. The van der Waals surface area contributed by atoms with Crippen LogP contribution in [0.15, 0.2) is 60.7 Å². The molecule has 3 rings (SSSR count). The second-order valence-electron chi connectivity index (χ2n) is 5.12. The van der Waals surface area contributed by atoms with E-state index in [2.05, 4.69) is 48.2 Å². The van der Waals surface area contributed by atoms with Crippen molar-refractivity contribution in [3.8, 4) is 0 Å². The fraction of sp³-hybridized carbons (Fsp3) is 0.167. The van der Waals surface area contributed by atoms with Crippen LogP contribution in [0, 0.1) is 0 Å². The zero-order valence-corrected chi connectivity index (χ0v) is 12.2. The molecule has 106 valence electrons. The van der Waals surface area contributed by atoms with Gasteiger partial charge in [0.15, 0.2) is 0 Å². The first-order chi connectivity index (χ1) is 10.3. The number of benzene rings is 2. The predicted octanol–water partition coefficient (Wildman–Crippen LogP) is 3.84. The van der Waals surface area contributed by atoms with Crippen molar-refractivity contribution >= 4 is 22.4 Å². The van der Waals surface area contributed by atoms with Crippen LogP contribution >= 0.6 is 0 Å². The van der Waals surface area contributed by atoms with Gasteiger partial charge in [-0.05, 0) is 42.8 Å². The van der Waals surface area contributed by atoms with Crippen LogP contribution in [-0.2, 0) is 6.54 Å². The Kier molecular flexibility index (Phi) is 3.73. The van der Waals surface area contributed by atoms with Gasteiger partial charge in [-0.3, -0.25) is 0 Å². The highest BCUT2D eigenvalue weighted by atomic mass is 15.2. The standard InChI is InChI=1S/C18H19N3/c1-2-21(13-14-6-4-3-5-7-14)18-11-8-15-12-16(19)9-10-17(15)20-18/h3-12H,2,13,19H2,1H3. The summed E-state index contributed by atoms with van der Waals surface area (Å²) in [7, 11) is 0. The number of aromatic nitrogens is 1. The van der Waals surface area contributed by atoms with Crippen molar-refractivity contribution in [3.05, 3.63) is 66.2 Å². The molecule has 2 aromatic carbocycles. The molecular weight excluding hydrogens is 258 g/mol. The molecule has 0 saturated heterocycles. The summed E-state index contributed by atoms with van der Waals surface area (Å²) in [6.07, 6.45) is 0. The fourth-order valence-corrected chi connectivity index (χ4v) is 2.47. The van der Waals surface area contributed by atoms with E-state index in [1.807, 2.05) is 24.3 Å². The lowest BCUT2D eigenvalue weighted by Gasteiger charge is -2.22. The van der Waals surface area contributed by atoms with E-state index >= 15 is 0 Å². The average molecular weight is 277 g/mol. The number of nitrogens with two attached hydrogens (primary N) is 1. The second kappa shape index (κ2) is 5.83. The van der Waals surface area contributed by atoms with Crippen LogP contribution in [0.3, 0.4) is 0 Å². The molecule has 1 heterocycles. The van der Waals surface area contributed by atoms with Crippen molar-refractivity contribution in [2.45, 2.75) is 13.5 Å². The molecule has 3 nitrogen and oxygen atoms in total. The van der Waals surface area contributed by atoms with Crippen LogP contribution in [0.1, 0.15) is 12.5 Å². The Morgan fingerprint density at radius 3 is 2.57 bits per heavy atom. The van der Waals surface area contributed by atoms with E-state index in [0.717, 1.165) is 35.5 Å². The van der Waals surface area contributed by atoms with Crippen LogP contribution < -0.4 is 10.6 Å². The van der Waals surface area contributed by atoms with Crippen molar-refractivity contribution in [1.29, 1.82) is 0 Å². The molecule has 2 N–H and O–H groups in total. The predicted molar refractivity (Wildman–Crippen MR) is 89.3 cm³/mol. The van der Waals surface area contributed by atoms with E-state index in [9.17, 15) is 0 Å².